The van der Waals surface area contributed by atoms with Crippen LogP contribution in [0, 0.1) is 10.5 Å². The average molecular weight is 379 g/mol. The van der Waals surface area contributed by atoms with E-state index in [9.17, 15) is 0 Å². The van der Waals surface area contributed by atoms with E-state index < -0.39 is 0 Å². The molecule has 0 aromatic heterocycles. The molecule has 1 fully saturated rings. The number of halogens is 1. The molecule has 3 heteroatoms. The van der Waals surface area contributed by atoms with E-state index in [2.05, 4.69) is 59.1 Å². The first kappa shape index (κ1) is 13.9. The fourth-order valence-electron chi connectivity index (χ4n) is 2.13. The SMILES string of the molecule is Cc1ccc(Oc2ccccc2I)c(CNC2CC2)c1. The van der Waals surface area contributed by atoms with Crippen LogP contribution < -0.4 is 10.1 Å². The molecule has 1 aliphatic carbocycles. The van der Waals surface area contributed by atoms with Crippen molar-refractivity contribution < 1.29 is 4.74 Å². The molecule has 0 radical (unpaired) electrons. The second-order valence-corrected chi connectivity index (χ2v) is 6.46. The zero-order valence-corrected chi connectivity index (χ0v) is 13.7. The Balaban J connectivity index is 1.82. The van der Waals surface area contributed by atoms with Gasteiger partial charge in [-0.2, -0.15) is 0 Å². The van der Waals surface area contributed by atoms with Crippen LogP contribution in [0.4, 0.5) is 0 Å². The van der Waals surface area contributed by atoms with E-state index in [1.165, 1.54) is 24.0 Å². The number of aryl methyl sites for hydroxylation is 1. The predicted molar refractivity (Wildman–Crippen MR) is 90.3 cm³/mol. The summed E-state index contributed by atoms with van der Waals surface area (Å²) in [6.45, 7) is 3.00. The summed E-state index contributed by atoms with van der Waals surface area (Å²) in [6, 6.07) is 15.2. The van der Waals surface area contributed by atoms with Gasteiger partial charge in [0.1, 0.15) is 11.5 Å². The van der Waals surface area contributed by atoms with Crippen LogP contribution in [-0.2, 0) is 6.54 Å². The maximum absolute atomic E-state index is 6.10. The Kier molecular flexibility index (Phi) is 4.27. The van der Waals surface area contributed by atoms with Gasteiger partial charge in [-0.15, -0.1) is 0 Å². The Hall–Kier alpha value is -1.07. The van der Waals surface area contributed by atoms with Crippen molar-refractivity contribution in [3.8, 4) is 11.5 Å². The van der Waals surface area contributed by atoms with Gasteiger partial charge in [-0.25, -0.2) is 0 Å². The minimum Gasteiger partial charge on any atom is -0.456 e. The van der Waals surface area contributed by atoms with Crippen LogP contribution in [-0.4, -0.2) is 6.04 Å². The molecule has 0 atom stereocenters. The molecule has 20 heavy (non-hydrogen) atoms. The molecule has 0 aliphatic heterocycles. The van der Waals surface area contributed by atoms with Crippen molar-refractivity contribution in [2.45, 2.75) is 32.4 Å². The first-order chi connectivity index (χ1) is 9.72. The lowest BCUT2D eigenvalue weighted by Gasteiger charge is -2.13. The molecule has 1 N–H and O–H groups in total. The van der Waals surface area contributed by atoms with Crippen molar-refractivity contribution in [3.63, 3.8) is 0 Å². The first-order valence-corrected chi connectivity index (χ1v) is 8.05. The molecule has 2 nitrogen and oxygen atoms in total. The largest absolute Gasteiger partial charge is 0.456 e. The summed E-state index contributed by atoms with van der Waals surface area (Å²) in [5.41, 5.74) is 2.50. The summed E-state index contributed by atoms with van der Waals surface area (Å²) in [7, 11) is 0. The van der Waals surface area contributed by atoms with Crippen molar-refractivity contribution in [3.05, 3.63) is 57.2 Å². The fraction of sp³-hybridized carbons (Fsp3) is 0.294. The summed E-state index contributed by atoms with van der Waals surface area (Å²) in [4.78, 5) is 0. The first-order valence-electron chi connectivity index (χ1n) is 6.97. The Bertz CT molecular complexity index is 608. The lowest BCUT2D eigenvalue weighted by molar-refractivity contribution is 0.469. The molecule has 1 aliphatic rings. The molecule has 0 amide bonds. The van der Waals surface area contributed by atoms with E-state index in [-0.39, 0.29) is 0 Å². The highest BCUT2D eigenvalue weighted by Crippen LogP contribution is 2.30. The average Bonchev–Trinajstić information content (AvgIpc) is 3.25. The molecule has 0 saturated heterocycles. The lowest BCUT2D eigenvalue weighted by Crippen LogP contribution is -2.15. The topological polar surface area (TPSA) is 21.3 Å². The number of hydrogen-bond donors (Lipinski definition) is 1. The van der Waals surface area contributed by atoms with Gasteiger partial charge in [0.25, 0.3) is 0 Å². The molecule has 0 spiro atoms. The van der Waals surface area contributed by atoms with Crippen LogP contribution in [0.2, 0.25) is 0 Å². The standard InChI is InChI=1S/C17H18INO/c1-12-6-9-16(13(10-12)11-19-14-7-8-14)20-17-5-3-2-4-15(17)18/h2-6,9-10,14,19H,7-8,11H2,1H3. The predicted octanol–water partition coefficient (Wildman–Crippen LogP) is 4.64. The van der Waals surface area contributed by atoms with Gasteiger partial charge < -0.3 is 10.1 Å². The van der Waals surface area contributed by atoms with Crippen molar-refractivity contribution in [1.29, 1.82) is 0 Å². The van der Waals surface area contributed by atoms with Crippen molar-refractivity contribution in [1.82, 2.24) is 5.32 Å². The molecular weight excluding hydrogens is 361 g/mol. The normalized spacial score (nSPS) is 14.3. The number of nitrogens with one attached hydrogen (secondary N) is 1. The van der Waals surface area contributed by atoms with Gasteiger partial charge in [-0.1, -0.05) is 29.8 Å². The third-order valence-corrected chi connectivity index (χ3v) is 4.32. The zero-order valence-electron chi connectivity index (χ0n) is 11.5. The maximum atomic E-state index is 6.10. The lowest BCUT2D eigenvalue weighted by atomic mass is 10.1. The van der Waals surface area contributed by atoms with Crippen molar-refractivity contribution in [2.24, 2.45) is 0 Å². The van der Waals surface area contributed by atoms with Crippen LogP contribution in [0.15, 0.2) is 42.5 Å². The number of hydrogen-bond acceptors (Lipinski definition) is 2. The Morgan fingerprint density at radius 1 is 1.15 bits per heavy atom. The smallest absolute Gasteiger partial charge is 0.140 e. The number of benzene rings is 2. The molecule has 0 heterocycles. The number of para-hydroxylation sites is 1. The Morgan fingerprint density at radius 3 is 2.70 bits per heavy atom. The van der Waals surface area contributed by atoms with E-state index in [0.717, 1.165) is 21.6 Å². The summed E-state index contributed by atoms with van der Waals surface area (Å²) < 4.78 is 7.23. The summed E-state index contributed by atoms with van der Waals surface area (Å²) in [5.74, 6) is 1.87. The van der Waals surface area contributed by atoms with Crippen LogP contribution in [0.5, 0.6) is 11.5 Å². The third kappa shape index (κ3) is 3.52. The minimum atomic E-state index is 0.709. The Morgan fingerprint density at radius 2 is 1.95 bits per heavy atom. The van der Waals surface area contributed by atoms with Gasteiger partial charge in [0, 0.05) is 18.2 Å². The van der Waals surface area contributed by atoms with E-state index in [1.807, 2.05) is 18.2 Å². The number of rotatable bonds is 5. The van der Waals surface area contributed by atoms with E-state index in [0.29, 0.717) is 6.04 Å². The second kappa shape index (κ2) is 6.14. The molecule has 1 saturated carbocycles. The zero-order chi connectivity index (χ0) is 13.9. The van der Waals surface area contributed by atoms with E-state index in [4.69, 9.17) is 4.74 Å². The van der Waals surface area contributed by atoms with Gasteiger partial charge in [0.05, 0.1) is 3.57 Å². The fourth-order valence-corrected chi connectivity index (χ4v) is 2.63. The minimum absolute atomic E-state index is 0.709. The summed E-state index contributed by atoms with van der Waals surface area (Å²) >= 11 is 2.31. The molecule has 0 bridgehead atoms. The van der Waals surface area contributed by atoms with E-state index >= 15 is 0 Å². The molecule has 104 valence electrons. The highest BCUT2D eigenvalue weighted by Gasteiger charge is 2.20. The summed E-state index contributed by atoms with van der Waals surface area (Å²) in [5, 5.41) is 3.56. The molecule has 2 aromatic carbocycles. The van der Waals surface area contributed by atoms with Crippen molar-refractivity contribution >= 4 is 22.6 Å². The summed E-state index contributed by atoms with van der Waals surface area (Å²) in [6.07, 6.45) is 2.61. The van der Waals surface area contributed by atoms with Crippen LogP contribution in [0.1, 0.15) is 24.0 Å². The number of ether oxygens (including phenoxy) is 1. The van der Waals surface area contributed by atoms with Crippen LogP contribution in [0.3, 0.4) is 0 Å². The van der Waals surface area contributed by atoms with E-state index in [1.54, 1.807) is 0 Å². The van der Waals surface area contributed by atoms with Gasteiger partial charge >= 0.3 is 0 Å². The highest BCUT2D eigenvalue weighted by atomic mass is 127. The van der Waals surface area contributed by atoms with Gasteiger partial charge in [0.2, 0.25) is 0 Å². The van der Waals surface area contributed by atoms with Crippen LogP contribution >= 0.6 is 22.6 Å². The Labute approximate surface area is 133 Å². The third-order valence-electron chi connectivity index (χ3n) is 3.43. The monoisotopic (exact) mass is 379 g/mol. The van der Waals surface area contributed by atoms with Gasteiger partial charge in [0.15, 0.2) is 0 Å². The molecule has 2 aromatic rings. The van der Waals surface area contributed by atoms with Gasteiger partial charge in [-0.05, 0) is 60.6 Å². The quantitative estimate of drug-likeness (QED) is 0.764. The van der Waals surface area contributed by atoms with Crippen molar-refractivity contribution in [2.75, 3.05) is 0 Å². The second-order valence-electron chi connectivity index (χ2n) is 5.30. The van der Waals surface area contributed by atoms with Crippen LogP contribution in [0.25, 0.3) is 0 Å². The molecule has 3 rings (SSSR count). The molecular formula is C17H18INO. The highest BCUT2D eigenvalue weighted by molar-refractivity contribution is 14.1. The maximum Gasteiger partial charge on any atom is 0.140 e. The molecule has 0 unspecified atom stereocenters. The van der Waals surface area contributed by atoms with Gasteiger partial charge in [-0.3, -0.25) is 0 Å².